The predicted molar refractivity (Wildman–Crippen MR) is 108 cm³/mol. The van der Waals surface area contributed by atoms with Gasteiger partial charge in [0.1, 0.15) is 5.52 Å². The molecule has 1 aromatic heterocycles. The van der Waals surface area contributed by atoms with Gasteiger partial charge in [0.25, 0.3) is 0 Å². The molecule has 0 atom stereocenters. The summed E-state index contributed by atoms with van der Waals surface area (Å²) >= 11 is 7.89. The van der Waals surface area contributed by atoms with Crippen molar-refractivity contribution in [2.24, 2.45) is 0 Å². The van der Waals surface area contributed by atoms with E-state index in [1.807, 2.05) is 41.3 Å². The van der Waals surface area contributed by atoms with Crippen molar-refractivity contribution in [2.45, 2.75) is 12.8 Å². The van der Waals surface area contributed by atoms with Crippen LogP contribution in [-0.2, 0) is 11.2 Å². The van der Waals surface area contributed by atoms with E-state index in [1.54, 1.807) is 11.3 Å². The topological polar surface area (TPSA) is 36.4 Å². The fourth-order valence-corrected chi connectivity index (χ4v) is 4.56. The molecule has 0 spiro atoms. The molecule has 0 N–H and O–H groups in total. The molecule has 0 saturated carbocycles. The number of hydrogen-bond donors (Lipinski definition) is 0. The van der Waals surface area contributed by atoms with Crippen LogP contribution in [0, 0.1) is 0 Å². The fraction of sp³-hybridized carbons (Fsp3) is 0.300. The summed E-state index contributed by atoms with van der Waals surface area (Å²) in [5, 5.41) is 1.68. The molecular weight excluding hydrogens is 366 g/mol. The number of piperazine rings is 1. The van der Waals surface area contributed by atoms with E-state index in [1.165, 1.54) is 5.56 Å². The van der Waals surface area contributed by atoms with Gasteiger partial charge in [-0.2, -0.15) is 0 Å². The summed E-state index contributed by atoms with van der Waals surface area (Å²) in [5.74, 6) is 0.237. The van der Waals surface area contributed by atoms with Crippen LogP contribution in [0.4, 0.5) is 5.13 Å². The predicted octanol–water partition coefficient (Wildman–Crippen LogP) is 4.23. The lowest BCUT2D eigenvalue weighted by molar-refractivity contribution is -0.131. The Kier molecular flexibility index (Phi) is 5.09. The summed E-state index contributed by atoms with van der Waals surface area (Å²) in [6.45, 7) is 3.12. The van der Waals surface area contributed by atoms with Crippen LogP contribution in [-0.4, -0.2) is 42.0 Å². The molecule has 3 aromatic rings. The van der Waals surface area contributed by atoms with Gasteiger partial charge >= 0.3 is 0 Å². The number of carbonyl (C=O) groups excluding carboxylic acids is 1. The first-order chi connectivity index (χ1) is 12.7. The van der Waals surface area contributed by atoms with Crippen LogP contribution in [0.25, 0.3) is 10.2 Å². The molecule has 1 fully saturated rings. The fourth-order valence-electron chi connectivity index (χ4n) is 3.24. The standard InChI is InChI=1S/C20H20ClN3OS/c21-16-7-4-8-17-19(16)22-20(26-17)24-13-11-23(12-14-24)18(25)10-9-15-5-2-1-3-6-15/h1-8H,9-14H2. The molecular formula is C20H20ClN3OS. The van der Waals surface area contributed by atoms with Gasteiger partial charge in [0, 0.05) is 32.6 Å². The zero-order chi connectivity index (χ0) is 17.9. The highest BCUT2D eigenvalue weighted by atomic mass is 35.5. The molecule has 4 nitrogen and oxygen atoms in total. The summed E-state index contributed by atoms with van der Waals surface area (Å²) in [6, 6.07) is 16.1. The van der Waals surface area contributed by atoms with E-state index < -0.39 is 0 Å². The summed E-state index contributed by atoms with van der Waals surface area (Å²) in [5.41, 5.74) is 2.08. The summed E-state index contributed by atoms with van der Waals surface area (Å²) in [7, 11) is 0. The number of benzene rings is 2. The molecule has 1 aliphatic rings. The SMILES string of the molecule is O=C(CCc1ccccc1)N1CCN(c2nc3c(Cl)cccc3s2)CC1. The van der Waals surface area contributed by atoms with Gasteiger partial charge in [0.2, 0.25) is 5.91 Å². The van der Waals surface area contributed by atoms with Crippen LogP contribution in [0.2, 0.25) is 5.02 Å². The first-order valence-corrected chi connectivity index (χ1v) is 10.0. The lowest BCUT2D eigenvalue weighted by Crippen LogP contribution is -2.48. The van der Waals surface area contributed by atoms with Crippen molar-refractivity contribution < 1.29 is 4.79 Å². The molecule has 2 aromatic carbocycles. The Morgan fingerprint density at radius 3 is 2.54 bits per heavy atom. The minimum absolute atomic E-state index is 0.237. The van der Waals surface area contributed by atoms with E-state index in [4.69, 9.17) is 16.6 Å². The van der Waals surface area contributed by atoms with Crippen LogP contribution in [0.15, 0.2) is 48.5 Å². The quantitative estimate of drug-likeness (QED) is 0.674. The van der Waals surface area contributed by atoms with Gasteiger partial charge < -0.3 is 9.80 Å². The Morgan fingerprint density at radius 1 is 1.04 bits per heavy atom. The minimum atomic E-state index is 0.237. The van der Waals surface area contributed by atoms with Gasteiger partial charge in [0.15, 0.2) is 5.13 Å². The average Bonchev–Trinajstić information content (AvgIpc) is 3.13. The van der Waals surface area contributed by atoms with Crippen molar-refractivity contribution in [2.75, 3.05) is 31.1 Å². The summed E-state index contributed by atoms with van der Waals surface area (Å²) in [4.78, 5) is 21.4. The Hall–Kier alpha value is -2.11. The number of anilines is 1. The van der Waals surface area contributed by atoms with Gasteiger partial charge in [-0.3, -0.25) is 4.79 Å². The van der Waals surface area contributed by atoms with Crippen LogP contribution < -0.4 is 4.90 Å². The Balaban J connectivity index is 1.34. The number of halogens is 1. The second kappa shape index (κ2) is 7.64. The van der Waals surface area contributed by atoms with Crippen LogP contribution in [0.1, 0.15) is 12.0 Å². The van der Waals surface area contributed by atoms with Crippen LogP contribution in [0.5, 0.6) is 0 Å². The number of para-hydroxylation sites is 1. The number of aromatic nitrogens is 1. The maximum atomic E-state index is 12.5. The highest BCUT2D eigenvalue weighted by Gasteiger charge is 2.23. The minimum Gasteiger partial charge on any atom is -0.345 e. The normalized spacial score (nSPS) is 14.8. The summed E-state index contributed by atoms with van der Waals surface area (Å²) < 4.78 is 1.11. The first-order valence-electron chi connectivity index (χ1n) is 8.82. The molecule has 2 heterocycles. The van der Waals surface area contributed by atoms with E-state index in [9.17, 15) is 4.79 Å². The molecule has 6 heteroatoms. The van der Waals surface area contributed by atoms with Crippen molar-refractivity contribution in [3.63, 3.8) is 0 Å². The summed E-state index contributed by atoms with van der Waals surface area (Å²) in [6.07, 6.45) is 1.37. The van der Waals surface area contributed by atoms with E-state index in [2.05, 4.69) is 17.0 Å². The Labute approximate surface area is 162 Å². The van der Waals surface area contributed by atoms with Crippen molar-refractivity contribution in [1.82, 2.24) is 9.88 Å². The van der Waals surface area contributed by atoms with Gasteiger partial charge in [0.05, 0.1) is 9.72 Å². The number of nitrogens with zero attached hydrogens (tertiary/aromatic N) is 3. The zero-order valence-electron chi connectivity index (χ0n) is 14.4. The van der Waals surface area contributed by atoms with E-state index in [-0.39, 0.29) is 5.91 Å². The average molecular weight is 386 g/mol. The number of hydrogen-bond acceptors (Lipinski definition) is 4. The zero-order valence-corrected chi connectivity index (χ0v) is 16.0. The Morgan fingerprint density at radius 2 is 1.81 bits per heavy atom. The third-order valence-corrected chi connectivity index (χ3v) is 6.12. The lowest BCUT2D eigenvalue weighted by atomic mass is 10.1. The molecule has 1 amide bonds. The molecule has 0 aliphatic carbocycles. The molecule has 1 saturated heterocycles. The number of thiazole rings is 1. The number of fused-ring (bicyclic) bond motifs is 1. The van der Waals surface area contributed by atoms with E-state index in [0.717, 1.165) is 47.9 Å². The molecule has 0 bridgehead atoms. The highest BCUT2D eigenvalue weighted by molar-refractivity contribution is 7.22. The molecule has 0 unspecified atom stereocenters. The number of aryl methyl sites for hydroxylation is 1. The van der Waals surface area contributed by atoms with Crippen molar-refractivity contribution in [3.8, 4) is 0 Å². The molecule has 134 valence electrons. The number of amides is 1. The number of carbonyl (C=O) groups is 1. The lowest BCUT2D eigenvalue weighted by Gasteiger charge is -2.34. The molecule has 1 aliphatic heterocycles. The van der Waals surface area contributed by atoms with Crippen LogP contribution >= 0.6 is 22.9 Å². The largest absolute Gasteiger partial charge is 0.345 e. The monoisotopic (exact) mass is 385 g/mol. The smallest absolute Gasteiger partial charge is 0.223 e. The maximum absolute atomic E-state index is 12.5. The van der Waals surface area contributed by atoms with Gasteiger partial charge in [-0.25, -0.2) is 4.98 Å². The van der Waals surface area contributed by atoms with E-state index >= 15 is 0 Å². The molecule has 4 rings (SSSR count). The van der Waals surface area contributed by atoms with Gasteiger partial charge in [-0.05, 0) is 24.1 Å². The number of rotatable bonds is 4. The third kappa shape index (κ3) is 3.69. The van der Waals surface area contributed by atoms with Crippen molar-refractivity contribution in [1.29, 1.82) is 0 Å². The Bertz CT molecular complexity index is 904. The first kappa shape index (κ1) is 17.3. The highest BCUT2D eigenvalue weighted by Crippen LogP contribution is 2.33. The van der Waals surface area contributed by atoms with Gasteiger partial charge in [-0.1, -0.05) is 59.3 Å². The maximum Gasteiger partial charge on any atom is 0.223 e. The van der Waals surface area contributed by atoms with Gasteiger partial charge in [-0.15, -0.1) is 0 Å². The second-order valence-electron chi connectivity index (χ2n) is 6.44. The van der Waals surface area contributed by atoms with Crippen LogP contribution in [0.3, 0.4) is 0 Å². The van der Waals surface area contributed by atoms with Crippen molar-refractivity contribution in [3.05, 3.63) is 59.1 Å². The second-order valence-corrected chi connectivity index (χ2v) is 7.85. The molecule has 0 radical (unpaired) electrons. The van der Waals surface area contributed by atoms with E-state index in [0.29, 0.717) is 11.4 Å². The van der Waals surface area contributed by atoms with Crippen molar-refractivity contribution >= 4 is 44.2 Å². The molecule has 26 heavy (non-hydrogen) atoms. The third-order valence-electron chi connectivity index (χ3n) is 4.73.